The van der Waals surface area contributed by atoms with Gasteiger partial charge in [-0.05, 0) is 31.2 Å². The number of benzene rings is 1. The van der Waals surface area contributed by atoms with Crippen LogP contribution < -0.4 is 11.1 Å². The highest BCUT2D eigenvalue weighted by Crippen LogP contribution is 2.16. The Morgan fingerprint density at radius 1 is 1.38 bits per heavy atom. The summed E-state index contributed by atoms with van der Waals surface area (Å²) in [5.74, 6) is 0.648. The van der Waals surface area contributed by atoms with Crippen LogP contribution in [0.1, 0.15) is 11.4 Å². The predicted molar refractivity (Wildman–Crippen MR) is 86.1 cm³/mol. The molecule has 1 amide bonds. The highest BCUT2D eigenvalue weighted by atomic mass is 16.2. The van der Waals surface area contributed by atoms with Gasteiger partial charge in [0.2, 0.25) is 5.91 Å². The maximum atomic E-state index is 12.0. The lowest BCUT2D eigenvalue weighted by Gasteiger charge is -2.07. The minimum Gasteiger partial charge on any atom is -0.381 e. The maximum absolute atomic E-state index is 12.0. The fraction of sp³-hybridized carbons (Fsp3) is 0.133. The van der Waals surface area contributed by atoms with E-state index in [0.29, 0.717) is 17.1 Å². The molecular weight excluding hydrogens is 308 g/mol. The quantitative estimate of drug-likeness (QED) is 0.733. The Kier molecular flexibility index (Phi) is 3.94. The van der Waals surface area contributed by atoms with Crippen molar-refractivity contribution in [1.29, 1.82) is 5.26 Å². The van der Waals surface area contributed by atoms with Gasteiger partial charge in [-0.3, -0.25) is 4.79 Å². The number of nitrogens with zero attached hydrogens (tertiary/aromatic N) is 6. The molecule has 0 bridgehead atoms. The monoisotopic (exact) mass is 322 g/mol. The number of hydrogen-bond donors (Lipinski definition) is 2. The Morgan fingerprint density at radius 2 is 2.12 bits per heavy atom. The maximum Gasteiger partial charge on any atom is 0.246 e. The van der Waals surface area contributed by atoms with E-state index in [4.69, 9.17) is 11.0 Å². The number of nitriles is 1. The van der Waals surface area contributed by atoms with Gasteiger partial charge in [-0.15, -0.1) is 5.10 Å². The number of nitrogen functional groups attached to an aromatic ring is 1. The van der Waals surface area contributed by atoms with Crippen molar-refractivity contribution < 1.29 is 4.79 Å². The number of aryl methyl sites for hydroxylation is 1. The summed E-state index contributed by atoms with van der Waals surface area (Å²) >= 11 is 0. The van der Waals surface area contributed by atoms with Crippen molar-refractivity contribution in [3.8, 4) is 11.8 Å². The highest BCUT2D eigenvalue weighted by molar-refractivity contribution is 5.90. The number of amides is 1. The first-order valence-electron chi connectivity index (χ1n) is 7.07. The van der Waals surface area contributed by atoms with Crippen LogP contribution in [-0.4, -0.2) is 30.5 Å². The molecule has 0 aliphatic heterocycles. The fourth-order valence-electron chi connectivity index (χ4n) is 2.12. The second kappa shape index (κ2) is 6.21. The molecular formula is C15H14N8O. The summed E-state index contributed by atoms with van der Waals surface area (Å²) in [6.07, 6.45) is 2.96. The molecule has 24 heavy (non-hydrogen) atoms. The number of nitrogens with one attached hydrogen (secondary N) is 1. The number of hydrogen-bond acceptors (Lipinski definition) is 6. The molecule has 0 saturated heterocycles. The molecule has 0 saturated carbocycles. The van der Waals surface area contributed by atoms with Gasteiger partial charge >= 0.3 is 0 Å². The van der Waals surface area contributed by atoms with Crippen molar-refractivity contribution in [2.75, 3.05) is 11.1 Å². The summed E-state index contributed by atoms with van der Waals surface area (Å²) in [5.41, 5.74) is 7.32. The van der Waals surface area contributed by atoms with Crippen molar-refractivity contribution in [3.05, 3.63) is 48.2 Å². The average Bonchev–Trinajstić information content (AvgIpc) is 3.14. The zero-order chi connectivity index (χ0) is 17.1. The van der Waals surface area contributed by atoms with Gasteiger partial charge in [0.1, 0.15) is 30.3 Å². The van der Waals surface area contributed by atoms with Crippen LogP contribution in [0.4, 0.5) is 11.5 Å². The lowest BCUT2D eigenvalue weighted by atomic mass is 10.2. The van der Waals surface area contributed by atoms with E-state index in [-0.39, 0.29) is 18.3 Å². The average molecular weight is 322 g/mol. The zero-order valence-electron chi connectivity index (χ0n) is 12.8. The highest BCUT2D eigenvalue weighted by Gasteiger charge is 2.08. The standard InChI is InChI=1S/C15H14N8O/c1-10-18-9-19-22(10)8-14(24)20-12-2-4-13(5-3-12)23-7-11(6-16)15(17)21-23/h2-5,7,9H,8H2,1H3,(H2,17,21)(H,20,24). The molecule has 0 spiro atoms. The Hall–Kier alpha value is -3.67. The second-order valence-electron chi connectivity index (χ2n) is 5.04. The van der Waals surface area contributed by atoms with Crippen LogP contribution in [0.3, 0.4) is 0 Å². The summed E-state index contributed by atoms with van der Waals surface area (Å²) in [6.45, 7) is 1.87. The number of carbonyl (C=O) groups excluding carboxylic acids is 1. The van der Waals surface area contributed by atoms with E-state index in [1.165, 1.54) is 15.7 Å². The molecule has 1 aromatic carbocycles. The Labute approximate surface area is 137 Å². The van der Waals surface area contributed by atoms with Crippen molar-refractivity contribution in [2.24, 2.45) is 0 Å². The minimum absolute atomic E-state index is 0.0921. The van der Waals surface area contributed by atoms with E-state index in [1.54, 1.807) is 37.4 Å². The summed E-state index contributed by atoms with van der Waals surface area (Å²) < 4.78 is 3.03. The molecule has 3 aromatic rings. The Morgan fingerprint density at radius 3 is 2.71 bits per heavy atom. The van der Waals surface area contributed by atoms with Gasteiger partial charge in [0.25, 0.3) is 0 Å². The van der Waals surface area contributed by atoms with E-state index in [0.717, 1.165) is 5.69 Å². The van der Waals surface area contributed by atoms with E-state index in [1.807, 2.05) is 6.07 Å². The van der Waals surface area contributed by atoms with Gasteiger partial charge < -0.3 is 11.1 Å². The number of rotatable bonds is 4. The summed E-state index contributed by atoms with van der Waals surface area (Å²) in [6, 6.07) is 8.99. The Bertz CT molecular complexity index is 916. The van der Waals surface area contributed by atoms with Crippen LogP contribution in [0.5, 0.6) is 0 Å². The van der Waals surface area contributed by atoms with Crippen molar-refractivity contribution in [2.45, 2.75) is 13.5 Å². The molecule has 2 aromatic heterocycles. The summed E-state index contributed by atoms with van der Waals surface area (Å²) in [7, 11) is 0. The first-order valence-corrected chi connectivity index (χ1v) is 7.07. The third-order valence-corrected chi connectivity index (χ3v) is 3.38. The number of nitrogens with two attached hydrogens (primary N) is 1. The normalized spacial score (nSPS) is 10.3. The van der Waals surface area contributed by atoms with Crippen molar-refractivity contribution >= 4 is 17.4 Å². The van der Waals surface area contributed by atoms with Crippen LogP contribution in [0.15, 0.2) is 36.8 Å². The molecule has 3 rings (SSSR count). The van der Waals surface area contributed by atoms with Gasteiger partial charge in [-0.2, -0.15) is 10.4 Å². The first kappa shape index (κ1) is 15.2. The topological polar surface area (TPSA) is 127 Å². The molecule has 0 atom stereocenters. The van der Waals surface area contributed by atoms with Crippen molar-refractivity contribution in [3.63, 3.8) is 0 Å². The lowest BCUT2D eigenvalue weighted by molar-refractivity contribution is -0.116. The van der Waals surface area contributed by atoms with Gasteiger partial charge in [0.15, 0.2) is 5.82 Å². The molecule has 2 heterocycles. The molecule has 3 N–H and O–H groups in total. The molecule has 0 aliphatic carbocycles. The zero-order valence-corrected chi connectivity index (χ0v) is 12.8. The van der Waals surface area contributed by atoms with Crippen LogP contribution in [-0.2, 0) is 11.3 Å². The first-order chi connectivity index (χ1) is 11.6. The third-order valence-electron chi connectivity index (χ3n) is 3.38. The third kappa shape index (κ3) is 3.07. The van der Waals surface area contributed by atoms with Crippen LogP contribution in [0.25, 0.3) is 5.69 Å². The molecule has 9 heteroatoms. The van der Waals surface area contributed by atoms with Gasteiger partial charge in [0.05, 0.1) is 11.9 Å². The summed E-state index contributed by atoms with van der Waals surface area (Å²) in [5, 5.41) is 19.7. The van der Waals surface area contributed by atoms with E-state index >= 15 is 0 Å². The molecule has 120 valence electrons. The second-order valence-corrected chi connectivity index (χ2v) is 5.04. The van der Waals surface area contributed by atoms with E-state index in [2.05, 4.69) is 20.5 Å². The van der Waals surface area contributed by atoms with Crippen LogP contribution in [0, 0.1) is 18.3 Å². The van der Waals surface area contributed by atoms with Crippen LogP contribution >= 0.6 is 0 Å². The lowest BCUT2D eigenvalue weighted by Crippen LogP contribution is -2.20. The molecule has 0 unspecified atom stereocenters. The Balaban J connectivity index is 1.69. The largest absolute Gasteiger partial charge is 0.381 e. The van der Waals surface area contributed by atoms with E-state index < -0.39 is 0 Å². The van der Waals surface area contributed by atoms with Gasteiger partial charge in [-0.25, -0.2) is 14.3 Å². The van der Waals surface area contributed by atoms with Crippen LogP contribution in [0.2, 0.25) is 0 Å². The predicted octanol–water partition coefficient (Wildman–Crippen LogP) is 0.865. The molecule has 0 aliphatic rings. The molecule has 0 radical (unpaired) electrons. The van der Waals surface area contributed by atoms with Crippen molar-refractivity contribution in [1.82, 2.24) is 24.5 Å². The smallest absolute Gasteiger partial charge is 0.246 e. The van der Waals surface area contributed by atoms with Gasteiger partial charge in [-0.1, -0.05) is 0 Å². The SMILES string of the molecule is Cc1ncnn1CC(=O)Nc1ccc(-n2cc(C#N)c(N)n2)cc1. The molecule has 0 fully saturated rings. The number of anilines is 2. The number of aromatic nitrogens is 5. The minimum atomic E-state index is -0.202. The summed E-state index contributed by atoms with van der Waals surface area (Å²) in [4.78, 5) is 16.0. The number of carbonyl (C=O) groups is 1. The molecule has 9 nitrogen and oxygen atoms in total. The van der Waals surface area contributed by atoms with Gasteiger partial charge in [0, 0.05) is 5.69 Å². The fourth-order valence-corrected chi connectivity index (χ4v) is 2.12. The van der Waals surface area contributed by atoms with E-state index in [9.17, 15) is 4.79 Å².